The summed E-state index contributed by atoms with van der Waals surface area (Å²) >= 11 is 11.9. The van der Waals surface area contributed by atoms with Crippen LogP contribution in [0.3, 0.4) is 0 Å². The van der Waals surface area contributed by atoms with E-state index in [0.29, 0.717) is 5.56 Å². The topological polar surface area (TPSA) is 51.1 Å². The van der Waals surface area contributed by atoms with Gasteiger partial charge in [-0.05, 0) is 34.9 Å². The Morgan fingerprint density at radius 2 is 1.61 bits per heavy atom. The van der Waals surface area contributed by atoms with Crippen LogP contribution in [-0.2, 0) is 27.5 Å². The second-order valence-electron chi connectivity index (χ2n) is 9.23. The highest BCUT2D eigenvalue weighted by Crippen LogP contribution is 2.50. The highest BCUT2D eigenvalue weighted by Gasteiger charge is 2.62. The summed E-state index contributed by atoms with van der Waals surface area (Å²) in [6.45, 7) is -0.317. The van der Waals surface area contributed by atoms with Crippen molar-refractivity contribution in [2.24, 2.45) is 5.16 Å². The second kappa shape index (κ2) is 9.78. The van der Waals surface area contributed by atoms with Crippen LogP contribution in [-0.4, -0.2) is 36.0 Å². The molecular weight excluding hydrogens is 547 g/mol. The highest BCUT2D eigenvalue weighted by molar-refractivity contribution is 6.34. The number of benzene rings is 3. The van der Waals surface area contributed by atoms with Crippen LogP contribution in [0.5, 0.6) is 0 Å². The minimum Gasteiger partial charge on any atom is -0.445 e. The van der Waals surface area contributed by atoms with E-state index in [-0.39, 0.29) is 46.6 Å². The van der Waals surface area contributed by atoms with Gasteiger partial charge >= 0.3 is 12.3 Å². The zero-order chi connectivity index (χ0) is 27.1. The third-order valence-electron chi connectivity index (χ3n) is 6.60. The summed E-state index contributed by atoms with van der Waals surface area (Å²) in [6, 6.07) is 18.6. The minimum absolute atomic E-state index is 0.0317. The summed E-state index contributed by atoms with van der Waals surface area (Å²) in [5.41, 5.74) is -3.34. The van der Waals surface area contributed by atoms with E-state index in [1.165, 1.54) is 35.2 Å². The SMILES string of the molecule is O=C(OCc1ccccc1)N1CC(F)(c2ccc(C3=NO[C@@](c4cc(Cl)cc(Cl)c4)(C(F)(F)F)C3)cc2)C1. The quantitative estimate of drug-likeness (QED) is 0.302. The third-order valence-corrected chi connectivity index (χ3v) is 7.03. The van der Waals surface area contributed by atoms with Crippen molar-refractivity contribution in [3.63, 3.8) is 0 Å². The summed E-state index contributed by atoms with van der Waals surface area (Å²) < 4.78 is 63.3. The fraction of sp³-hybridized carbons (Fsp3) is 0.259. The number of amides is 1. The van der Waals surface area contributed by atoms with Gasteiger partial charge in [-0.2, -0.15) is 13.2 Å². The first-order valence-electron chi connectivity index (χ1n) is 11.5. The number of ether oxygens (including phenoxy) is 1. The first-order valence-corrected chi connectivity index (χ1v) is 12.3. The van der Waals surface area contributed by atoms with E-state index >= 15 is 4.39 Å². The molecule has 0 spiro atoms. The van der Waals surface area contributed by atoms with Gasteiger partial charge in [0.1, 0.15) is 6.61 Å². The highest BCUT2D eigenvalue weighted by atomic mass is 35.5. The van der Waals surface area contributed by atoms with E-state index in [9.17, 15) is 18.0 Å². The van der Waals surface area contributed by atoms with Gasteiger partial charge in [0, 0.05) is 22.0 Å². The molecule has 11 heteroatoms. The Bertz CT molecular complexity index is 1360. The van der Waals surface area contributed by atoms with Gasteiger partial charge in [0.2, 0.25) is 0 Å². The normalized spacial score (nSPS) is 20.4. The van der Waals surface area contributed by atoms with Crippen molar-refractivity contribution >= 4 is 35.0 Å². The summed E-state index contributed by atoms with van der Waals surface area (Å²) in [5.74, 6) is 0. The molecule has 0 N–H and O–H groups in total. The Hall–Kier alpha value is -3.30. The predicted octanol–water partition coefficient (Wildman–Crippen LogP) is 7.39. The van der Waals surface area contributed by atoms with Gasteiger partial charge in [0.25, 0.3) is 5.60 Å². The van der Waals surface area contributed by atoms with Gasteiger partial charge in [-0.1, -0.05) is 83.0 Å². The Kier molecular flexibility index (Phi) is 6.77. The molecule has 0 saturated carbocycles. The van der Waals surface area contributed by atoms with Crippen LogP contribution in [0.1, 0.15) is 28.7 Å². The zero-order valence-electron chi connectivity index (χ0n) is 19.6. The molecule has 5 nitrogen and oxygen atoms in total. The largest absolute Gasteiger partial charge is 0.445 e. The molecule has 0 bridgehead atoms. The molecule has 2 heterocycles. The standard InChI is InChI=1S/C27H20Cl2F4N2O3/c28-21-10-20(11-22(29)12-21)26(27(31,32)33)13-23(34-38-26)18-6-8-19(9-7-18)25(30)15-35(16-25)24(36)37-14-17-4-2-1-3-5-17/h1-12H,13-16H2/t26-/m0/s1. The van der Waals surface area contributed by atoms with E-state index in [4.69, 9.17) is 32.8 Å². The monoisotopic (exact) mass is 566 g/mol. The van der Waals surface area contributed by atoms with E-state index in [1.54, 1.807) is 0 Å². The molecule has 3 aromatic carbocycles. The summed E-state index contributed by atoms with van der Waals surface area (Å²) in [6.07, 6.45) is -6.06. The van der Waals surface area contributed by atoms with Gasteiger partial charge in [-0.15, -0.1) is 0 Å². The maximum atomic E-state index is 15.4. The van der Waals surface area contributed by atoms with Crippen LogP contribution >= 0.6 is 23.2 Å². The van der Waals surface area contributed by atoms with Crippen LogP contribution in [0.25, 0.3) is 0 Å². The molecule has 1 amide bonds. The van der Waals surface area contributed by atoms with Gasteiger partial charge in [-0.25, -0.2) is 9.18 Å². The molecule has 0 aliphatic carbocycles. The molecule has 3 aromatic rings. The number of carbonyl (C=O) groups excluding carboxylic acids is 1. The second-order valence-corrected chi connectivity index (χ2v) is 10.1. The lowest BCUT2D eigenvalue weighted by Gasteiger charge is -2.43. The molecule has 1 saturated heterocycles. The summed E-state index contributed by atoms with van der Waals surface area (Å²) in [4.78, 5) is 18.5. The molecule has 198 valence electrons. The van der Waals surface area contributed by atoms with E-state index in [1.807, 2.05) is 30.3 Å². The van der Waals surface area contributed by atoms with Crippen molar-refractivity contribution < 1.29 is 31.9 Å². The molecule has 1 atom stereocenters. The maximum absolute atomic E-state index is 15.4. The molecule has 38 heavy (non-hydrogen) atoms. The van der Waals surface area contributed by atoms with Crippen LogP contribution in [0.2, 0.25) is 10.0 Å². The average Bonchev–Trinajstić information content (AvgIpc) is 3.33. The van der Waals surface area contributed by atoms with Gasteiger partial charge < -0.3 is 14.5 Å². The Balaban J connectivity index is 1.25. The van der Waals surface area contributed by atoms with Gasteiger partial charge in [0.15, 0.2) is 5.67 Å². The lowest BCUT2D eigenvalue weighted by atomic mass is 9.85. The molecule has 0 aromatic heterocycles. The number of oxime groups is 1. The first kappa shape index (κ1) is 26.3. The molecule has 5 rings (SSSR count). The molecule has 2 aliphatic rings. The fourth-order valence-electron chi connectivity index (χ4n) is 4.49. The van der Waals surface area contributed by atoms with Crippen LogP contribution < -0.4 is 0 Å². The Morgan fingerprint density at radius 1 is 0.974 bits per heavy atom. The van der Waals surface area contributed by atoms with Crippen molar-refractivity contribution in [3.8, 4) is 0 Å². The van der Waals surface area contributed by atoms with Crippen LogP contribution in [0.15, 0.2) is 78.0 Å². The van der Waals surface area contributed by atoms with Crippen molar-refractivity contribution in [1.29, 1.82) is 0 Å². The number of halogens is 6. The predicted molar refractivity (Wildman–Crippen MR) is 134 cm³/mol. The lowest BCUT2D eigenvalue weighted by Crippen LogP contribution is -2.58. The number of likely N-dealkylation sites (tertiary alicyclic amines) is 1. The smallest absolute Gasteiger partial charge is 0.435 e. The fourth-order valence-corrected chi connectivity index (χ4v) is 5.01. The molecule has 2 aliphatic heterocycles. The van der Waals surface area contributed by atoms with Crippen molar-refractivity contribution in [1.82, 2.24) is 4.90 Å². The third kappa shape index (κ3) is 4.92. The molecule has 0 unspecified atom stereocenters. The van der Waals surface area contributed by atoms with Crippen molar-refractivity contribution in [2.75, 3.05) is 13.1 Å². The van der Waals surface area contributed by atoms with Gasteiger partial charge in [-0.3, -0.25) is 0 Å². The van der Waals surface area contributed by atoms with Crippen molar-refractivity contribution in [3.05, 3.63) is 105 Å². The first-order chi connectivity index (χ1) is 18.0. The number of hydrogen-bond acceptors (Lipinski definition) is 4. The van der Waals surface area contributed by atoms with E-state index in [2.05, 4.69) is 5.16 Å². The maximum Gasteiger partial charge on any atom is 0.435 e. The molecular formula is C27H20Cl2F4N2O3. The summed E-state index contributed by atoms with van der Waals surface area (Å²) in [7, 11) is 0. The Morgan fingerprint density at radius 3 is 2.21 bits per heavy atom. The number of carbonyl (C=O) groups is 1. The molecule has 1 fully saturated rings. The number of nitrogens with zero attached hydrogens (tertiary/aromatic N) is 2. The van der Waals surface area contributed by atoms with Gasteiger partial charge in [0.05, 0.1) is 18.8 Å². The Labute approximate surface area is 225 Å². The summed E-state index contributed by atoms with van der Waals surface area (Å²) in [5, 5.41) is 3.78. The van der Waals surface area contributed by atoms with E-state index < -0.39 is 30.0 Å². The number of alkyl halides is 4. The van der Waals surface area contributed by atoms with Crippen LogP contribution in [0, 0.1) is 0 Å². The zero-order valence-corrected chi connectivity index (χ0v) is 21.2. The molecule has 0 radical (unpaired) electrons. The number of hydrogen-bond donors (Lipinski definition) is 0. The lowest BCUT2D eigenvalue weighted by molar-refractivity contribution is -0.275. The van der Waals surface area contributed by atoms with Crippen molar-refractivity contribution in [2.45, 2.75) is 30.5 Å². The minimum atomic E-state index is -4.82. The van der Waals surface area contributed by atoms with Crippen LogP contribution in [0.4, 0.5) is 22.4 Å². The number of rotatable bonds is 5. The van der Waals surface area contributed by atoms with E-state index in [0.717, 1.165) is 17.7 Å². The average molecular weight is 567 g/mol.